The van der Waals surface area contributed by atoms with Crippen LogP contribution in [-0.4, -0.2) is 18.7 Å². The lowest BCUT2D eigenvalue weighted by molar-refractivity contribution is -0.139. The van der Waals surface area contributed by atoms with E-state index >= 15 is 0 Å². The van der Waals surface area contributed by atoms with Crippen LogP contribution in [-0.2, 0) is 14.3 Å². The van der Waals surface area contributed by atoms with E-state index in [0.717, 1.165) is 12.8 Å². The van der Waals surface area contributed by atoms with Crippen molar-refractivity contribution in [2.75, 3.05) is 6.61 Å². The van der Waals surface area contributed by atoms with Crippen LogP contribution >= 0.6 is 0 Å². The number of nitrogens with zero attached hydrogens (tertiary/aromatic N) is 1. The fourth-order valence-corrected chi connectivity index (χ4v) is 0.660. The maximum absolute atomic E-state index is 11.1. The Bertz CT molecular complexity index is 239. The van der Waals surface area contributed by atoms with Crippen LogP contribution < -0.4 is 0 Å². The summed E-state index contributed by atoms with van der Waals surface area (Å²) in [6.45, 7) is 3.96. The van der Waals surface area contributed by atoms with Gasteiger partial charge in [0.15, 0.2) is 5.70 Å². The highest BCUT2D eigenvalue weighted by Gasteiger charge is 2.07. The third kappa shape index (κ3) is 4.93. The molecule has 0 amide bonds. The molecule has 0 aliphatic heterocycles. The van der Waals surface area contributed by atoms with E-state index < -0.39 is 5.97 Å². The first-order chi connectivity index (χ1) is 6.26. The van der Waals surface area contributed by atoms with Crippen molar-refractivity contribution >= 4 is 12.0 Å². The Morgan fingerprint density at radius 1 is 1.62 bits per heavy atom. The van der Waals surface area contributed by atoms with Crippen molar-refractivity contribution in [2.24, 2.45) is 4.99 Å². The number of hydrogen-bond donors (Lipinski definition) is 0. The molecule has 0 aromatic rings. The molecular formula is C9H13NO3. The van der Waals surface area contributed by atoms with Crippen LogP contribution in [0, 0.1) is 0 Å². The minimum absolute atomic E-state index is 0.00565. The van der Waals surface area contributed by atoms with Crippen molar-refractivity contribution in [1.29, 1.82) is 0 Å². The van der Waals surface area contributed by atoms with E-state index in [1.807, 2.05) is 6.92 Å². The number of allylic oxidation sites excluding steroid dienone is 1. The Kier molecular flexibility index (Phi) is 6.46. The average Bonchev–Trinajstić information content (AvgIpc) is 2.14. The van der Waals surface area contributed by atoms with Gasteiger partial charge in [0.2, 0.25) is 6.08 Å². The summed E-state index contributed by atoms with van der Waals surface area (Å²) < 4.78 is 4.81. The minimum Gasteiger partial charge on any atom is -0.461 e. The number of rotatable bonds is 5. The van der Waals surface area contributed by atoms with E-state index in [1.54, 1.807) is 6.92 Å². The van der Waals surface area contributed by atoms with Gasteiger partial charge in [-0.25, -0.2) is 9.59 Å². The van der Waals surface area contributed by atoms with E-state index in [9.17, 15) is 9.59 Å². The molecule has 0 saturated carbocycles. The standard InChI is InChI=1S/C9H13NO3/c1-3-5-6-13-9(12)8(4-2)10-7-11/h4H,3,5-6H2,1-2H3/b8-4-. The topological polar surface area (TPSA) is 55.7 Å². The van der Waals surface area contributed by atoms with Gasteiger partial charge in [0.05, 0.1) is 6.61 Å². The molecule has 0 saturated heterocycles. The van der Waals surface area contributed by atoms with Crippen molar-refractivity contribution in [1.82, 2.24) is 0 Å². The van der Waals surface area contributed by atoms with Crippen LogP contribution in [0.4, 0.5) is 0 Å². The molecule has 13 heavy (non-hydrogen) atoms. The van der Waals surface area contributed by atoms with Gasteiger partial charge in [-0.3, -0.25) is 0 Å². The Labute approximate surface area is 77.3 Å². The van der Waals surface area contributed by atoms with Crippen LogP contribution in [0.3, 0.4) is 0 Å². The zero-order valence-electron chi connectivity index (χ0n) is 7.87. The summed E-state index contributed by atoms with van der Waals surface area (Å²) in [5, 5.41) is 0. The largest absolute Gasteiger partial charge is 0.461 e. The van der Waals surface area contributed by atoms with Gasteiger partial charge in [-0.2, -0.15) is 4.99 Å². The van der Waals surface area contributed by atoms with Crippen LogP contribution in [0.1, 0.15) is 26.7 Å². The molecule has 72 valence electrons. The van der Waals surface area contributed by atoms with Gasteiger partial charge in [-0.05, 0) is 13.3 Å². The number of carbonyl (C=O) groups excluding carboxylic acids is 2. The van der Waals surface area contributed by atoms with Crippen molar-refractivity contribution in [3.8, 4) is 0 Å². The fourth-order valence-electron chi connectivity index (χ4n) is 0.660. The molecule has 0 N–H and O–H groups in total. The molecule has 0 rings (SSSR count). The number of unbranched alkanes of at least 4 members (excludes halogenated alkanes) is 1. The highest BCUT2D eigenvalue weighted by molar-refractivity contribution is 5.88. The second-order valence-corrected chi connectivity index (χ2v) is 2.37. The summed E-state index contributed by atoms with van der Waals surface area (Å²) in [4.78, 5) is 24.1. The molecule has 0 heterocycles. The van der Waals surface area contributed by atoms with E-state index in [2.05, 4.69) is 4.99 Å². The lowest BCUT2D eigenvalue weighted by Crippen LogP contribution is -2.07. The van der Waals surface area contributed by atoms with E-state index in [-0.39, 0.29) is 5.70 Å². The first kappa shape index (κ1) is 11.6. The minimum atomic E-state index is -0.570. The number of carbonyl (C=O) groups is 1. The Morgan fingerprint density at radius 2 is 2.31 bits per heavy atom. The number of isocyanates is 1. The molecule has 0 unspecified atom stereocenters. The second-order valence-electron chi connectivity index (χ2n) is 2.37. The predicted octanol–water partition coefficient (Wildman–Crippen LogP) is 1.57. The van der Waals surface area contributed by atoms with Crippen molar-refractivity contribution < 1.29 is 14.3 Å². The number of esters is 1. The van der Waals surface area contributed by atoms with Gasteiger partial charge >= 0.3 is 5.97 Å². The van der Waals surface area contributed by atoms with Gasteiger partial charge in [-0.1, -0.05) is 19.4 Å². The Balaban J connectivity index is 4.01. The molecule has 0 fully saturated rings. The quantitative estimate of drug-likeness (QED) is 0.214. The SMILES string of the molecule is C/C=C(\N=C=O)C(=O)OCCCC. The van der Waals surface area contributed by atoms with Crippen LogP contribution in [0.15, 0.2) is 16.8 Å². The first-order valence-electron chi connectivity index (χ1n) is 4.17. The van der Waals surface area contributed by atoms with Crippen LogP contribution in [0.25, 0.3) is 0 Å². The highest BCUT2D eigenvalue weighted by Crippen LogP contribution is 2.00. The Morgan fingerprint density at radius 3 is 2.77 bits per heavy atom. The third-order valence-electron chi connectivity index (χ3n) is 1.38. The molecule has 4 nitrogen and oxygen atoms in total. The fraction of sp³-hybridized carbons (Fsp3) is 0.556. The smallest absolute Gasteiger partial charge is 0.357 e. The van der Waals surface area contributed by atoms with E-state index in [1.165, 1.54) is 12.2 Å². The molecule has 0 aromatic heterocycles. The van der Waals surface area contributed by atoms with Gasteiger partial charge < -0.3 is 4.74 Å². The Hall–Kier alpha value is -1.41. The third-order valence-corrected chi connectivity index (χ3v) is 1.38. The number of hydrogen-bond acceptors (Lipinski definition) is 4. The summed E-state index contributed by atoms with van der Waals surface area (Å²) in [6.07, 6.45) is 4.48. The summed E-state index contributed by atoms with van der Waals surface area (Å²) in [5.41, 5.74) is 0.00565. The van der Waals surface area contributed by atoms with Gasteiger partial charge in [0.1, 0.15) is 0 Å². The number of ether oxygens (including phenoxy) is 1. The molecule has 0 aliphatic rings. The normalized spacial score (nSPS) is 10.5. The van der Waals surface area contributed by atoms with Gasteiger partial charge in [-0.15, -0.1) is 0 Å². The van der Waals surface area contributed by atoms with Gasteiger partial charge in [0.25, 0.3) is 0 Å². The highest BCUT2D eigenvalue weighted by atomic mass is 16.5. The van der Waals surface area contributed by atoms with E-state index in [4.69, 9.17) is 4.74 Å². The molecule has 0 aromatic carbocycles. The molecule has 0 bridgehead atoms. The lowest BCUT2D eigenvalue weighted by atomic mass is 10.3. The predicted molar refractivity (Wildman–Crippen MR) is 47.7 cm³/mol. The van der Waals surface area contributed by atoms with Crippen molar-refractivity contribution in [3.63, 3.8) is 0 Å². The van der Waals surface area contributed by atoms with E-state index in [0.29, 0.717) is 6.61 Å². The monoisotopic (exact) mass is 183 g/mol. The zero-order chi connectivity index (χ0) is 10.1. The molecule has 0 aliphatic carbocycles. The summed E-state index contributed by atoms with van der Waals surface area (Å²) in [7, 11) is 0. The van der Waals surface area contributed by atoms with Crippen molar-refractivity contribution in [3.05, 3.63) is 11.8 Å². The first-order valence-corrected chi connectivity index (χ1v) is 4.17. The summed E-state index contributed by atoms with van der Waals surface area (Å²) in [6, 6.07) is 0. The number of aliphatic imine (C=N–C) groups is 1. The second kappa shape index (κ2) is 7.25. The maximum atomic E-state index is 11.1. The lowest BCUT2D eigenvalue weighted by Gasteiger charge is -2.01. The summed E-state index contributed by atoms with van der Waals surface area (Å²) in [5.74, 6) is -0.570. The van der Waals surface area contributed by atoms with Gasteiger partial charge in [0, 0.05) is 0 Å². The zero-order valence-corrected chi connectivity index (χ0v) is 7.87. The molecule has 0 spiro atoms. The van der Waals surface area contributed by atoms with Crippen LogP contribution in [0.5, 0.6) is 0 Å². The molecular weight excluding hydrogens is 170 g/mol. The van der Waals surface area contributed by atoms with Crippen molar-refractivity contribution in [2.45, 2.75) is 26.7 Å². The molecule has 4 heteroatoms. The maximum Gasteiger partial charge on any atom is 0.357 e. The molecule has 0 atom stereocenters. The average molecular weight is 183 g/mol. The summed E-state index contributed by atoms with van der Waals surface area (Å²) >= 11 is 0. The van der Waals surface area contributed by atoms with Crippen LogP contribution in [0.2, 0.25) is 0 Å². The molecule has 0 radical (unpaired) electrons.